The first-order valence-electron chi connectivity index (χ1n) is 10.8. The number of hydrogen-bond donors (Lipinski definition) is 3. The molecule has 14 heteroatoms. The molecule has 2 aliphatic carbocycles. The summed E-state index contributed by atoms with van der Waals surface area (Å²) in [6.45, 7) is 0.855. The van der Waals surface area contributed by atoms with Crippen molar-refractivity contribution in [3.8, 4) is 0 Å². The smallest absolute Gasteiger partial charge is 0.231 e. The number of tetrazole rings is 1. The van der Waals surface area contributed by atoms with Crippen molar-refractivity contribution in [3.63, 3.8) is 0 Å². The van der Waals surface area contributed by atoms with E-state index in [4.69, 9.17) is 11.6 Å². The van der Waals surface area contributed by atoms with Gasteiger partial charge in [-0.3, -0.25) is 20.6 Å². The number of halogens is 3. The zero-order valence-electron chi connectivity index (χ0n) is 17.2. The predicted molar refractivity (Wildman–Crippen MR) is 112 cm³/mol. The summed E-state index contributed by atoms with van der Waals surface area (Å²) >= 11 is 6.70. The SMILES string of the molecule is O=C(Nc1cn2cc(C3C(Cl)C(F)C(Cn4ncnn4)C4NNCC43)ncc2n1)[C@@H]1C[C@@H]1F. The molecule has 0 aromatic carbocycles. The maximum Gasteiger partial charge on any atom is 0.231 e. The Morgan fingerprint density at radius 3 is 2.94 bits per heavy atom. The van der Waals surface area contributed by atoms with Crippen molar-refractivity contribution in [2.75, 3.05) is 11.9 Å². The van der Waals surface area contributed by atoms with Crippen LogP contribution in [-0.4, -0.2) is 70.8 Å². The summed E-state index contributed by atoms with van der Waals surface area (Å²) in [6.07, 6.45) is 4.10. The van der Waals surface area contributed by atoms with Crippen LogP contribution in [0.2, 0.25) is 0 Å². The fraction of sp³-hybridized carbons (Fsp3) is 0.579. The van der Waals surface area contributed by atoms with Crippen molar-refractivity contribution in [1.29, 1.82) is 0 Å². The van der Waals surface area contributed by atoms with Crippen molar-refractivity contribution in [2.45, 2.75) is 42.6 Å². The van der Waals surface area contributed by atoms with Crippen LogP contribution in [0.3, 0.4) is 0 Å². The third kappa shape index (κ3) is 3.63. The molecule has 3 aromatic rings. The summed E-state index contributed by atoms with van der Waals surface area (Å²) in [5.41, 5.74) is 7.46. The lowest BCUT2D eigenvalue weighted by Gasteiger charge is -2.43. The molecule has 6 rings (SSSR count). The highest BCUT2D eigenvalue weighted by Crippen LogP contribution is 2.46. The largest absolute Gasteiger partial charge is 0.309 e. The van der Waals surface area contributed by atoms with E-state index in [0.717, 1.165) is 0 Å². The number of nitrogens with one attached hydrogen (secondary N) is 3. The second-order valence-corrected chi connectivity index (χ2v) is 9.34. The van der Waals surface area contributed by atoms with Crippen LogP contribution >= 0.6 is 11.6 Å². The maximum absolute atomic E-state index is 15.6. The monoisotopic (exact) mass is 478 g/mol. The molecule has 0 radical (unpaired) electrons. The summed E-state index contributed by atoms with van der Waals surface area (Å²) in [5.74, 6) is -1.50. The highest BCUT2D eigenvalue weighted by atomic mass is 35.5. The lowest BCUT2D eigenvalue weighted by atomic mass is 9.69. The molecule has 11 nitrogen and oxygen atoms in total. The second-order valence-electron chi connectivity index (χ2n) is 8.84. The molecule has 3 fully saturated rings. The minimum atomic E-state index is -1.33. The van der Waals surface area contributed by atoms with Crippen LogP contribution in [0.25, 0.3) is 5.65 Å². The zero-order chi connectivity index (χ0) is 22.7. The summed E-state index contributed by atoms with van der Waals surface area (Å²) in [4.78, 5) is 22.2. The molecule has 174 valence electrons. The number of carbonyl (C=O) groups excluding carboxylic acids is 1. The van der Waals surface area contributed by atoms with Gasteiger partial charge in [-0.1, -0.05) is 0 Å². The molecular formula is C19H21ClF2N10O. The average molecular weight is 479 g/mol. The molecule has 0 spiro atoms. The fourth-order valence-electron chi connectivity index (χ4n) is 5.03. The number of nitrogens with zero attached hydrogens (tertiary/aromatic N) is 7. The number of carbonyl (C=O) groups is 1. The molecular weight excluding hydrogens is 458 g/mol. The normalized spacial score (nSPS) is 35.5. The lowest BCUT2D eigenvalue weighted by Crippen LogP contribution is -2.54. The number of imidazole rings is 1. The molecule has 0 bridgehead atoms. The van der Waals surface area contributed by atoms with Gasteiger partial charge in [-0.25, -0.2) is 13.8 Å². The molecule has 2 saturated carbocycles. The standard InChI is InChI=1S/C19H21ClF2N10O/c20-16-15(9-2-24-29-18(9)10(17(16)22)4-32-26-7-25-30-32)12-5-31-6-13(27-14(31)3-23-12)28-19(33)8-1-11(8)21/h3,5-11,15-18,24,29H,1-2,4H2,(H,28,33)/t8-,9?,10?,11+,15?,16?,17?,18?/m1/s1. The minimum Gasteiger partial charge on any atom is -0.309 e. The number of rotatable bonds is 5. The number of alkyl halides is 3. The highest BCUT2D eigenvalue weighted by Gasteiger charge is 2.53. The van der Waals surface area contributed by atoms with Crippen LogP contribution in [-0.2, 0) is 11.3 Å². The van der Waals surface area contributed by atoms with Gasteiger partial charge in [0.25, 0.3) is 0 Å². The molecule has 3 aliphatic rings. The lowest BCUT2D eigenvalue weighted by molar-refractivity contribution is -0.117. The van der Waals surface area contributed by atoms with E-state index in [0.29, 0.717) is 23.7 Å². The van der Waals surface area contributed by atoms with Crippen molar-refractivity contribution >= 4 is 29.0 Å². The Bertz CT molecular complexity index is 1170. The van der Waals surface area contributed by atoms with Crippen molar-refractivity contribution in [1.82, 2.24) is 45.4 Å². The van der Waals surface area contributed by atoms with Gasteiger partial charge in [-0.05, 0) is 17.6 Å². The van der Waals surface area contributed by atoms with Crippen LogP contribution in [0.15, 0.2) is 24.9 Å². The Balaban J connectivity index is 1.26. The van der Waals surface area contributed by atoms with E-state index < -0.39 is 29.6 Å². The van der Waals surface area contributed by atoms with Crippen molar-refractivity contribution in [2.24, 2.45) is 17.8 Å². The summed E-state index contributed by atoms with van der Waals surface area (Å²) in [7, 11) is 0. The van der Waals surface area contributed by atoms with E-state index in [1.165, 1.54) is 11.1 Å². The van der Waals surface area contributed by atoms with E-state index >= 15 is 4.39 Å². The molecule has 3 aromatic heterocycles. The van der Waals surface area contributed by atoms with Crippen LogP contribution in [0.4, 0.5) is 14.6 Å². The number of anilines is 1. The second kappa shape index (κ2) is 7.92. The first kappa shape index (κ1) is 20.8. The van der Waals surface area contributed by atoms with Gasteiger partial charge in [-0.2, -0.15) is 4.80 Å². The van der Waals surface area contributed by atoms with Gasteiger partial charge < -0.3 is 9.72 Å². The maximum atomic E-state index is 15.6. The molecule has 8 atom stereocenters. The average Bonchev–Trinajstić information content (AvgIpc) is 3.22. The van der Waals surface area contributed by atoms with Gasteiger partial charge in [0.15, 0.2) is 17.8 Å². The Kier molecular flexibility index (Phi) is 4.99. The Morgan fingerprint density at radius 1 is 1.33 bits per heavy atom. The van der Waals surface area contributed by atoms with E-state index in [1.54, 1.807) is 23.0 Å². The number of amides is 1. The predicted octanol–water partition coefficient (Wildman–Crippen LogP) is 0.464. The van der Waals surface area contributed by atoms with Crippen LogP contribution < -0.4 is 16.2 Å². The van der Waals surface area contributed by atoms with E-state index in [2.05, 4.69) is 41.5 Å². The number of hydrogen-bond acceptors (Lipinski definition) is 8. The van der Waals surface area contributed by atoms with Crippen molar-refractivity contribution in [3.05, 3.63) is 30.6 Å². The molecule has 1 amide bonds. The summed E-state index contributed by atoms with van der Waals surface area (Å²) < 4.78 is 30.4. The summed E-state index contributed by atoms with van der Waals surface area (Å²) in [5, 5.41) is 13.4. The van der Waals surface area contributed by atoms with Gasteiger partial charge in [0, 0.05) is 30.6 Å². The topological polar surface area (TPSA) is 127 Å². The summed E-state index contributed by atoms with van der Waals surface area (Å²) in [6, 6.07) is -0.201. The van der Waals surface area contributed by atoms with Gasteiger partial charge >= 0.3 is 0 Å². The molecule has 1 aliphatic heterocycles. The molecule has 1 saturated heterocycles. The fourth-order valence-corrected chi connectivity index (χ4v) is 5.53. The number of fused-ring (bicyclic) bond motifs is 2. The quantitative estimate of drug-likeness (QED) is 0.451. The van der Waals surface area contributed by atoms with Gasteiger partial charge in [-0.15, -0.1) is 21.8 Å². The first-order valence-corrected chi connectivity index (χ1v) is 11.2. The van der Waals surface area contributed by atoms with Crippen LogP contribution in [0.5, 0.6) is 0 Å². The van der Waals surface area contributed by atoms with Gasteiger partial charge in [0.05, 0.1) is 35.9 Å². The molecule has 6 unspecified atom stereocenters. The van der Waals surface area contributed by atoms with Crippen molar-refractivity contribution < 1.29 is 13.6 Å². The van der Waals surface area contributed by atoms with E-state index in [1.807, 2.05) is 0 Å². The first-order chi connectivity index (χ1) is 16.0. The van der Waals surface area contributed by atoms with E-state index in [-0.39, 0.29) is 36.8 Å². The third-order valence-corrected chi connectivity index (χ3v) is 7.33. The molecule has 33 heavy (non-hydrogen) atoms. The minimum absolute atomic E-state index is 0.0166. The third-order valence-electron chi connectivity index (χ3n) is 6.82. The Labute approximate surface area is 191 Å². The Hall–Kier alpha value is -2.77. The van der Waals surface area contributed by atoms with Gasteiger partial charge in [0.1, 0.15) is 12.3 Å². The number of hydrazine groups is 1. The Morgan fingerprint density at radius 2 is 2.18 bits per heavy atom. The van der Waals surface area contributed by atoms with Crippen LogP contribution in [0.1, 0.15) is 18.0 Å². The molecule has 3 N–H and O–H groups in total. The highest BCUT2D eigenvalue weighted by molar-refractivity contribution is 6.21. The van der Waals surface area contributed by atoms with Crippen LogP contribution in [0, 0.1) is 17.8 Å². The van der Waals surface area contributed by atoms with E-state index in [9.17, 15) is 9.18 Å². The van der Waals surface area contributed by atoms with Gasteiger partial charge in [0.2, 0.25) is 5.91 Å². The zero-order valence-corrected chi connectivity index (χ0v) is 18.0. The number of aromatic nitrogens is 7. The molecule has 4 heterocycles.